The van der Waals surface area contributed by atoms with Gasteiger partial charge >= 0.3 is 0 Å². The number of anilines is 1. The molecule has 0 aliphatic carbocycles. The van der Waals surface area contributed by atoms with Gasteiger partial charge in [0.05, 0.1) is 11.4 Å². The lowest BCUT2D eigenvalue weighted by Gasteiger charge is -2.07. The Kier molecular flexibility index (Phi) is 6.06. The molecule has 0 aliphatic heterocycles. The van der Waals surface area contributed by atoms with E-state index < -0.39 is 5.56 Å². The lowest BCUT2D eigenvalue weighted by atomic mass is 10.1. The summed E-state index contributed by atoms with van der Waals surface area (Å²) in [6.07, 6.45) is 0. The van der Waals surface area contributed by atoms with Crippen molar-refractivity contribution in [3.63, 3.8) is 0 Å². The molecule has 0 unspecified atom stereocenters. The van der Waals surface area contributed by atoms with Gasteiger partial charge in [-0.15, -0.1) is 0 Å². The zero-order valence-corrected chi connectivity index (χ0v) is 16.3. The highest BCUT2D eigenvalue weighted by Gasteiger charge is 2.14. The first-order valence-electron chi connectivity index (χ1n) is 7.85. The topological polar surface area (TPSA) is 98.6 Å². The van der Waals surface area contributed by atoms with Gasteiger partial charge in [0, 0.05) is 15.7 Å². The summed E-state index contributed by atoms with van der Waals surface area (Å²) in [5.74, 6) is -0.158. The van der Waals surface area contributed by atoms with Gasteiger partial charge in [-0.05, 0) is 24.3 Å². The van der Waals surface area contributed by atoms with Crippen molar-refractivity contribution in [3.05, 3.63) is 75.0 Å². The summed E-state index contributed by atoms with van der Waals surface area (Å²) in [6.45, 7) is 0. The molecule has 0 saturated carbocycles. The number of rotatable bonds is 5. The average Bonchev–Trinajstić information content (AvgIpc) is 2.68. The Morgan fingerprint density at radius 2 is 1.89 bits per heavy atom. The Balaban J connectivity index is 1.76. The van der Waals surface area contributed by atoms with Crippen molar-refractivity contribution in [3.8, 4) is 17.3 Å². The molecular formula is C19H13BrN4O2S. The standard InChI is InChI=1S/C19H13BrN4O2S/c20-13-6-8-14(9-7-13)22-16(25)11-27-19-23-17(12-4-2-1-3-5-12)15(10-21)18(26)24-19/h1-9H,11H2,(H,22,25)(H,23,24,26). The number of nitriles is 1. The number of benzene rings is 2. The maximum Gasteiger partial charge on any atom is 0.270 e. The summed E-state index contributed by atoms with van der Waals surface area (Å²) in [4.78, 5) is 31.2. The summed E-state index contributed by atoms with van der Waals surface area (Å²) >= 11 is 4.43. The van der Waals surface area contributed by atoms with E-state index in [1.54, 1.807) is 36.4 Å². The van der Waals surface area contributed by atoms with Gasteiger partial charge in [0.2, 0.25) is 5.91 Å². The van der Waals surface area contributed by atoms with E-state index in [0.29, 0.717) is 16.9 Å². The Labute approximate surface area is 167 Å². The van der Waals surface area contributed by atoms with Crippen molar-refractivity contribution < 1.29 is 4.79 Å². The Morgan fingerprint density at radius 1 is 1.19 bits per heavy atom. The molecule has 3 rings (SSSR count). The van der Waals surface area contributed by atoms with Gasteiger partial charge in [-0.2, -0.15) is 5.26 Å². The van der Waals surface area contributed by atoms with Gasteiger partial charge in [0.15, 0.2) is 5.16 Å². The quantitative estimate of drug-likeness (QED) is 0.464. The SMILES string of the molecule is N#Cc1c(-c2ccccc2)nc(SCC(=O)Nc2ccc(Br)cc2)[nH]c1=O. The van der Waals surface area contributed by atoms with E-state index in [2.05, 4.69) is 31.2 Å². The van der Waals surface area contributed by atoms with Crippen LogP contribution >= 0.6 is 27.7 Å². The highest BCUT2D eigenvalue weighted by atomic mass is 79.9. The summed E-state index contributed by atoms with van der Waals surface area (Å²) in [7, 11) is 0. The summed E-state index contributed by atoms with van der Waals surface area (Å²) < 4.78 is 0.919. The van der Waals surface area contributed by atoms with Gasteiger partial charge in [0.25, 0.3) is 5.56 Å². The molecule has 0 aliphatic rings. The number of carbonyl (C=O) groups excluding carboxylic acids is 1. The minimum Gasteiger partial charge on any atom is -0.325 e. The first-order chi connectivity index (χ1) is 13.1. The van der Waals surface area contributed by atoms with Crippen LogP contribution in [0.1, 0.15) is 5.56 Å². The van der Waals surface area contributed by atoms with Crippen molar-refractivity contribution >= 4 is 39.3 Å². The van der Waals surface area contributed by atoms with E-state index in [9.17, 15) is 14.9 Å². The molecule has 0 spiro atoms. The fourth-order valence-corrected chi connectivity index (χ4v) is 3.22. The van der Waals surface area contributed by atoms with Crippen LogP contribution in [0, 0.1) is 11.3 Å². The molecule has 1 heterocycles. The number of carbonyl (C=O) groups is 1. The van der Waals surface area contributed by atoms with Crippen molar-refractivity contribution in [2.75, 3.05) is 11.1 Å². The van der Waals surface area contributed by atoms with Crippen molar-refractivity contribution in [2.45, 2.75) is 5.16 Å². The highest BCUT2D eigenvalue weighted by molar-refractivity contribution is 9.10. The second-order valence-corrected chi connectivity index (χ2v) is 7.30. The van der Waals surface area contributed by atoms with Gasteiger partial charge in [-0.1, -0.05) is 58.0 Å². The molecule has 1 aromatic heterocycles. The smallest absolute Gasteiger partial charge is 0.270 e. The van der Waals surface area contributed by atoms with Crippen LogP contribution in [0.15, 0.2) is 69.0 Å². The highest BCUT2D eigenvalue weighted by Crippen LogP contribution is 2.22. The van der Waals surface area contributed by atoms with Gasteiger partial charge < -0.3 is 10.3 Å². The summed E-state index contributed by atoms with van der Waals surface area (Å²) in [5, 5.41) is 12.3. The molecule has 8 heteroatoms. The Morgan fingerprint density at radius 3 is 2.56 bits per heavy atom. The van der Waals surface area contributed by atoms with E-state index in [0.717, 1.165) is 16.2 Å². The molecule has 0 atom stereocenters. The third-order valence-electron chi connectivity index (χ3n) is 3.52. The van der Waals surface area contributed by atoms with Gasteiger partial charge in [0.1, 0.15) is 11.6 Å². The van der Waals surface area contributed by atoms with E-state index in [1.165, 1.54) is 0 Å². The molecule has 3 aromatic rings. The maximum atomic E-state index is 12.2. The molecule has 0 radical (unpaired) electrons. The van der Waals surface area contributed by atoms with Crippen LogP contribution in [0.5, 0.6) is 0 Å². The molecule has 6 nitrogen and oxygen atoms in total. The Hall–Kier alpha value is -2.89. The Bertz CT molecular complexity index is 1060. The van der Waals surface area contributed by atoms with E-state index in [1.807, 2.05) is 24.3 Å². The number of halogens is 1. The van der Waals surface area contributed by atoms with Gasteiger partial charge in [-0.3, -0.25) is 9.59 Å². The number of hydrogen-bond acceptors (Lipinski definition) is 5. The van der Waals surface area contributed by atoms with Crippen molar-refractivity contribution in [1.29, 1.82) is 5.26 Å². The molecule has 0 bridgehead atoms. The normalized spacial score (nSPS) is 10.2. The lowest BCUT2D eigenvalue weighted by molar-refractivity contribution is -0.113. The predicted molar refractivity (Wildman–Crippen MR) is 109 cm³/mol. The summed E-state index contributed by atoms with van der Waals surface area (Å²) in [6, 6.07) is 18.1. The molecule has 0 fully saturated rings. The maximum absolute atomic E-state index is 12.2. The number of nitrogens with zero attached hydrogens (tertiary/aromatic N) is 2. The molecular weight excluding hydrogens is 428 g/mol. The number of hydrogen-bond donors (Lipinski definition) is 2. The van der Waals surface area contributed by atoms with Crippen LogP contribution in [-0.4, -0.2) is 21.6 Å². The minimum atomic E-state index is -0.526. The zero-order valence-electron chi connectivity index (χ0n) is 13.9. The fraction of sp³-hybridized carbons (Fsp3) is 0.0526. The number of aromatic nitrogens is 2. The third kappa shape index (κ3) is 4.84. The number of aromatic amines is 1. The van der Waals surface area contributed by atoms with Crippen LogP contribution in [0.2, 0.25) is 0 Å². The van der Waals surface area contributed by atoms with E-state index in [4.69, 9.17) is 0 Å². The second kappa shape index (κ2) is 8.66. The summed E-state index contributed by atoms with van der Waals surface area (Å²) in [5.41, 5.74) is 1.07. The predicted octanol–water partition coefficient (Wildman–Crippen LogP) is 3.80. The van der Waals surface area contributed by atoms with Crippen molar-refractivity contribution in [2.24, 2.45) is 0 Å². The van der Waals surface area contributed by atoms with E-state index in [-0.39, 0.29) is 22.4 Å². The number of amides is 1. The number of nitrogens with one attached hydrogen (secondary N) is 2. The number of thioether (sulfide) groups is 1. The van der Waals surface area contributed by atoms with E-state index >= 15 is 0 Å². The minimum absolute atomic E-state index is 0.0511. The second-order valence-electron chi connectivity index (χ2n) is 5.42. The molecule has 1 amide bonds. The molecule has 2 N–H and O–H groups in total. The zero-order chi connectivity index (χ0) is 19.2. The van der Waals surface area contributed by atoms with Crippen LogP contribution in [-0.2, 0) is 4.79 Å². The van der Waals surface area contributed by atoms with Crippen LogP contribution in [0.4, 0.5) is 5.69 Å². The third-order valence-corrected chi connectivity index (χ3v) is 4.93. The molecule has 0 saturated heterocycles. The molecule has 27 heavy (non-hydrogen) atoms. The van der Waals surface area contributed by atoms with Crippen molar-refractivity contribution in [1.82, 2.24) is 9.97 Å². The first-order valence-corrected chi connectivity index (χ1v) is 9.63. The monoisotopic (exact) mass is 440 g/mol. The lowest BCUT2D eigenvalue weighted by Crippen LogP contribution is -2.17. The van der Waals surface area contributed by atoms with Crippen LogP contribution in [0.25, 0.3) is 11.3 Å². The fourth-order valence-electron chi connectivity index (χ4n) is 2.29. The largest absolute Gasteiger partial charge is 0.325 e. The first kappa shape index (κ1) is 18.9. The molecule has 134 valence electrons. The van der Waals surface area contributed by atoms with Gasteiger partial charge in [-0.25, -0.2) is 4.98 Å². The number of H-pyrrole nitrogens is 1. The average molecular weight is 441 g/mol. The molecule has 2 aromatic carbocycles. The van der Waals surface area contributed by atoms with Crippen LogP contribution < -0.4 is 10.9 Å². The van der Waals surface area contributed by atoms with Crippen LogP contribution in [0.3, 0.4) is 0 Å².